The number of carbonyl (C=O) groups excluding carboxylic acids is 3. The first-order chi connectivity index (χ1) is 66.8. The number of ether oxygens (including phenoxy) is 5. The Morgan fingerprint density at radius 2 is 0.862 bits per heavy atom. The molecule has 3 amide bonds. The van der Waals surface area contributed by atoms with Crippen LogP contribution >= 0.6 is 81.0 Å². The van der Waals surface area contributed by atoms with E-state index in [0.29, 0.717) is 140 Å². The number of amides is 3. The predicted octanol–water partition coefficient (Wildman–Crippen LogP) is 13.9. The number of hydrogen-bond donors (Lipinski definition) is 1. The molecule has 11 aliphatic heterocycles. The first-order valence-electron chi connectivity index (χ1n) is 48.2. The van der Waals surface area contributed by atoms with Gasteiger partial charge in [0.15, 0.2) is 11.7 Å². The van der Waals surface area contributed by atoms with Gasteiger partial charge in [-0.15, -0.1) is 0 Å². The van der Waals surface area contributed by atoms with Gasteiger partial charge in [-0.05, 0) is 142 Å². The van der Waals surface area contributed by atoms with Gasteiger partial charge in [0.1, 0.15) is 48.9 Å². The van der Waals surface area contributed by atoms with Gasteiger partial charge in [0.2, 0.25) is 25.5 Å². The molecule has 0 unspecified atom stereocenters. The maximum absolute atomic E-state index is 13.9. The van der Waals surface area contributed by atoms with Gasteiger partial charge < -0.3 is 92.3 Å². The van der Waals surface area contributed by atoms with Crippen LogP contribution < -0.4 is 43.6 Å². The molecule has 8 saturated heterocycles. The third kappa shape index (κ3) is 26.0. The molecule has 0 aliphatic carbocycles. The fourth-order valence-electron chi connectivity index (χ4n) is 22.1. The largest absolute Gasteiger partial charge is 0.463 e. The summed E-state index contributed by atoms with van der Waals surface area (Å²) in [5.74, 6) is -1.43. The lowest BCUT2D eigenvalue weighted by Crippen LogP contribution is -2.57. The van der Waals surface area contributed by atoms with Crippen LogP contribution in [0.2, 0.25) is 0 Å². The summed E-state index contributed by atoms with van der Waals surface area (Å²) in [5, 5.41) is 17.2. The number of aromatic nitrogens is 6. The molecule has 8 fully saturated rings. The topological polar surface area (TPSA) is 247 Å². The Kier molecular flexibility index (Phi) is 42.7. The highest BCUT2D eigenvalue weighted by Gasteiger charge is 2.44. The number of benzene rings is 6. The number of hydrogen-bond acceptors (Lipinski definition) is 24. The van der Waals surface area contributed by atoms with Gasteiger partial charge in [0.05, 0.1) is 82.0 Å². The Bertz CT molecular complexity index is 6170. The first kappa shape index (κ1) is 116. The van der Waals surface area contributed by atoms with Crippen LogP contribution in [0.5, 0.6) is 18.0 Å². The molecule has 780 valence electrons. The molecule has 0 spiro atoms. The Morgan fingerprint density at radius 3 is 1.23 bits per heavy atom. The van der Waals surface area contributed by atoms with Gasteiger partial charge in [-0.2, -0.15) is 111 Å². The first-order valence-corrected chi connectivity index (χ1v) is 48.2. The van der Waals surface area contributed by atoms with E-state index in [1.54, 1.807) is 4.90 Å². The van der Waals surface area contributed by atoms with Crippen molar-refractivity contribution in [3.8, 4) is 18.0 Å². The van der Waals surface area contributed by atoms with Gasteiger partial charge >= 0.3 is 18.0 Å². The Morgan fingerprint density at radius 1 is 0.483 bits per heavy atom. The van der Waals surface area contributed by atoms with Gasteiger partial charge in [-0.25, -0.2) is 32.9 Å². The van der Waals surface area contributed by atoms with Crippen LogP contribution in [0.4, 0.5) is 47.7 Å². The minimum Gasteiger partial charge on any atom is -0.463 e. The molecule has 0 saturated carbocycles. The highest BCUT2D eigenvalue weighted by Crippen LogP contribution is 2.43. The van der Waals surface area contributed by atoms with Gasteiger partial charge in [-0.3, -0.25) is 24.2 Å². The molecule has 30 nitrogen and oxygen atoms in total. The number of piperazine rings is 3. The number of aliphatic hydroxyl groups is 1. The second kappa shape index (κ2) is 53.3. The summed E-state index contributed by atoms with van der Waals surface area (Å²) in [7, 11) is 2.10. The fourth-order valence-corrected chi connectivity index (χ4v) is 22.1. The second-order valence-corrected chi connectivity index (χ2v) is 37.5. The minimum absolute atomic E-state index is 0. The number of likely N-dealkylation sites (N-methyl/N-ethyl adjacent to an activating group) is 1. The second-order valence-electron chi connectivity index (χ2n) is 37.5. The van der Waals surface area contributed by atoms with Gasteiger partial charge in [-0.1, -0.05) is 119 Å². The number of aryl methyl sites for hydroxylation is 2. The van der Waals surface area contributed by atoms with E-state index in [1.807, 2.05) is 18.2 Å². The van der Waals surface area contributed by atoms with E-state index in [0.717, 1.165) is 190 Å². The molecule has 20 rings (SSSR count). The average molecular weight is 2100 g/mol. The zero-order valence-corrected chi connectivity index (χ0v) is 87.4. The van der Waals surface area contributed by atoms with Crippen LogP contribution in [-0.2, 0) is 69.4 Å². The summed E-state index contributed by atoms with van der Waals surface area (Å²) in [6.07, 6.45) is 11.6. The molecule has 0 radical (unpaired) electrons. The maximum Gasteiger partial charge on any atom is 0.318 e. The van der Waals surface area contributed by atoms with Gasteiger partial charge in [0.25, 0.3) is 11.8 Å². The number of nitrogens with zero attached hydrogens (tertiary/aromatic N) is 21. The molecular weight excluding hydrogens is 1960 g/mol. The van der Waals surface area contributed by atoms with Crippen LogP contribution in [0, 0.1) is 33.6 Å². The van der Waals surface area contributed by atoms with Crippen LogP contribution in [0.3, 0.4) is 0 Å². The molecule has 145 heavy (non-hydrogen) atoms. The van der Waals surface area contributed by atoms with E-state index < -0.39 is 42.2 Å². The number of anilines is 6. The highest BCUT2D eigenvalue weighted by atomic mass is 32.1. The Labute approximate surface area is 892 Å². The molecule has 4 bridgehead atoms. The Hall–Kier alpha value is -10.7. The number of rotatable bonds is 27. The van der Waals surface area contributed by atoms with E-state index >= 15 is 0 Å². The average Bonchev–Trinajstić information content (AvgIpc) is 1.12. The van der Waals surface area contributed by atoms with E-state index in [1.165, 1.54) is 66.0 Å². The summed E-state index contributed by atoms with van der Waals surface area (Å²) in [6, 6.07) is 39.0. The number of aliphatic hydroxyl groups excluding tert-OH is 1. The van der Waals surface area contributed by atoms with E-state index in [9.17, 15) is 32.7 Å². The summed E-state index contributed by atoms with van der Waals surface area (Å²) < 4.78 is 70.7. The Balaban J connectivity index is 0.000000217. The lowest BCUT2D eigenvalue weighted by Gasteiger charge is -2.41. The van der Waals surface area contributed by atoms with E-state index in [-0.39, 0.29) is 147 Å². The van der Waals surface area contributed by atoms with Crippen molar-refractivity contribution in [3.63, 3.8) is 0 Å². The number of carbonyl (C=O) groups is 3. The number of allylic oxidation sites excluding steroid dienone is 1. The smallest absolute Gasteiger partial charge is 0.318 e. The van der Waals surface area contributed by atoms with Crippen molar-refractivity contribution < 1.29 is 56.3 Å². The zero-order valence-electron chi connectivity index (χ0n) is 81.4. The third-order valence-electron chi connectivity index (χ3n) is 29.0. The third-order valence-corrected chi connectivity index (χ3v) is 29.0. The lowest BCUT2D eigenvalue weighted by molar-refractivity contribution is -0.131. The number of likely N-dealkylation sites (tertiary alicyclic amines) is 3. The van der Waals surface area contributed by atoms with Crippen molar-refractivity contribution in [2.75, 3.05) is 207 Å². The van der Waals surface area contributed by atoms with Crippen LogP contribution in [0.1, 0.15) is 104 Å². The number of halogens is 3. The lowest BCUT2D eigenvalue weighted by atomic mass is 9.99. The van der Waals surface area contributed by atoms with Crippen molar-refractivity contribution in [1.29, 1.82) is 0 Å². The van der Waals surface area contributed by atoms with Crippen molar-refractivity contribution in [2.24, 2.45) is 0 Å². The molecule has 14 heterocycles. The summed E-state index contributed by atoms with van der Waals surface area (Å²) >= 11 is 0. The molecule has 3 aromatic heterocycles. The minimum atomic E-state index is -1.02. The van der Waals surface area contributed by atoms with Crippen molar-refractivity contribution in [3.05, 3.63) is 231 Å². The number of fused-ring (bicyclic) bond motifs is 10. The predicted molar refractivity (Wildman–Crippen MR) is 597 cm³/mol. The SMILES string of the molecule is C.C.S.S.S.S.S.S.[C-]#[N+]C[C@H]1CN(c2nc(OCCCN3C[C@@H]4C[C@H]3CO4)nc3c2CCN(c2cccc4cccc(C)c24)C3)CCN1C(=O)/C=C/CF.[C-]#[N+]C[C@H]1CN(c2nc(OCCCN3C[C@@H]4C[C@H]3CO4)nc3c2CCN(c2cccc4cccc(C)c24)C3)CCN1C(=O)C(=C)F.[C-]#[N+]C[C@H]1CN(c2nc(OC[C@@H]3CCCN3C)nc3c2CCN(c2cccc4cccc(CO)c24)C3)CCN1C(=O)C(=C)F. The molecule has 8 atom stereocenters. The molecule has 6 aromatic carbocycles. The monoisotopic (exact) mass is 2100 g/mol. The molecule has 9 aromatic rings. The molecule has 39 heteroatoms. The summed E-state index contributed by atoms with van der Waals surface area (Å²) in [4.78, 5) is 104. The number of morpholine rings is 2. The summed E-state index contributed by atoms with van der Waals surface area (Å²) in [5.41, 5.74) is 12.7. The maximum atomic E-state index is 13.9. The standard InChI is InChI=1S/C36H42FN7O3.C35H40FN7O3.C33H38FN7O3.2CH4.6H2S/c1-25-7-3-8-26-9-4-10-32(34(25)26)42-15-12-30-31(23-42)39-36(46-18-6-14-41-22-29-19-27(41)24-47-29)40-35(30)43-16-17-44(28(21-43)20-38-2)33(45)11-5-13-37;1-23-7-4-8-25-9-5-10-31(32(23)25)41-13-11-29-30(21-41)38-35(45-16-6-12-40-20-28-17-26(40)22-46-28)39-33(29)42-14-15-43(34(44)24(2)36)27(19-42)18-37-3;1-22(34)32(43)41-16-15-40(18-26(41)17-35-2)31-27-12-14-39(29-11-5-8-23-7-4-9-24(20-42)30(23)29)19-28(27)36-33(37-31)44-21-25-10-6-13-38(25)3;;;;;;;;/h3-5,7-11,27-29H,6,12-24H2,1H3;4-5,7-10,26-28H,2,6,11-22H2,1H3;4-5,7-9,11,25-26,42H,1,6,10,12-21H2,3H3;2*1H4;6*1H2/b11-5+;;;;;;;;;;/t27-,28-,29-;26-,27-,28-;25-,26-;;;;;;;;/m000......../s1. The molecule has 1 N–H and O–H groups in total. The summed E-state index contributed by atoms with van der Waals surface area (Å²) in [6.45, 7) is 48.5. The van der Waals surface area contributed by atoms with Crippen molar-refractivity contribution in [2.45, 2.75) is 161 Å². The van der Waals surface area contributed by atoms with E-state index in [2.05, 4.69) is 184 Å². The van der Waals surface area contributed by atoms with Gasteiger partial charge in [0, 0.05) is 179 Å². The van der Waals surface area contributed by atoms with Crippen molar-refractivity contribution in [1.82, 2.24) is 59.3 Å². The fraction of sp³-hybridized carbons (Fsp3) is 0.491. The normalized spacial score (nSPS) is 20.7. The van der Waals surface area contributed by atoms with Crippen LogP contribution in [0.25, 0.3) is 46.9 Å². The quantitative estimate of drug-likeness (QED) is 0.0285. The molecule has 11 aliphatic rings. The van der Waals surface area contributed by atoms with Crippen LogP contribution in [-0.4, -0.2) is 308 Å². The molecular formula is C106H140F3N21O9S6. The number of alkyl halides is 1. The van der Waals surface area contributed by atoms with E-state index in [4.69, 9.17) is 73.3 Å². The highest BCUT2D eigenvalue weighted by molar-refractivity contribution is 7.60. The van der Waals surface area contributed by atoms with Crippen molar-refractivity contribution >= 4 is 166 Å². The zero-order chi connectivity index (χ0) is 94.9. The van der Waals surface area contributed by atoms with Crippen LogP contribution in [0.15, 0.2) is 146 Å².